The fourth-order valence-corrected chi connectivity index (χ4v) is 5.35. The predicted molar refractivity (Wildman–Crippen MR) is 139 cm³/mol. The number of carbonyl (C=O) groups excluding carboxylic acids is 1. The highest BCUT2D eigenvalue weighted by Gasteiger charge is 2.32. The Bertz CT molecular complexity index is 1240. The number of carbonyl (C=O) groups is 1. The third-order valence-corrected chi connectivity index (χ3v) is 7.31. The van der Waals surface area contributed by atoms with Crippen molar-refractivity contribution in [3.8, 4) is 5.75 Å². The van der Waals surface area contributed by atoms with Crippen molar-refractivity contribution in [2.45, 2.75) is 52.1 Å². The standard InChI is InChI=1S/C27H35N7O2/c1-18-15-24(31-32(18)3)29-25(35)17-33-13-8-11-22(33)26-28-19(2)21-10-7-14-34(27(21)30-26)16-20-9-5-6-12-23(20)36-4/h5-6,9,12,15,22H,7-8,10-11,13-14,16-17H2,1-4H3,(H,29,31,35). The first-order valence-electron chi connectivity index (χ1n) is 12.7. The molecule has 1 N–H and O–H groups in total. The van der Waals surface area contributed by atoms with E-state index in [0.29, 0.717) is 12.4 Å². The number of anilines is 2. The summed E-state index contributed by atoms with van der Waals surface area (Å²) in [7, 11) is 3.58. The van der Waals surface area contributed by atoms with Crippen LogP contribution in [0.5, 0.6) is 5.75 Å². The Labute approximate surface area is 212 Å². The molecule has 2 aliphatic rings. The second-order valence-corrected chi connectivity index (χ2v) is 9.78. The lowest BCUT2D eigenvalue weighted by molar-refractivity contribution is -0.117. The van der Waals surface area contributed by atoms with E-state index in [1.807, 2.05) is 38.2 Å². The molecule has 4 heterocycles. The molecule has 1 unspecified atom stereocenters. The summed E-state index contributed by atoms with van der Waals surface area (Å²) in [4.78, 5) is 27.4. The highest BCUT2D eigenvalue weighted by atomic mass is 16.5. The number of benzene rings is 1. The van der Waals surface area contributed by atoms with E-state index in [9.17, 15) is 4.79 Å². The maximum absolute atomic E-state index is 12.8. The molecule has 9 heteroatoms. The maximum atomic E-state index is 12.8. The van der Waals surface area contributed by atoms with Crippen molar-refractivity contribution in [1.29, 1.82) is 0 Å². The molecule has 0 saturated carbocycles. The van der Waals surface area contributed by atoms with Crippen molar-refractivity contribution in [3.05, 3.63) is 58.7 Å². The predicted octanol–water partition coefficient (Wildman–Crippen LogP) is 3.56. The molecule has 1 fully saturated rings. The zero-order valence-corrected chi connectivity index (χ0v) is 21.6. The van der Waals surface area contributed by atoms with E-state index in [4.69, 9.17) is 14.7 Å². The summed E-state index contributed by atoms with van der Waals surface area (Å²) in [6.07, 6.45) is 4.03. The molecule has 0 bridgehead atoms. The molecule has 0 aliphatic carbocycles. The number of rotatable bonds is 7. The van der Waals surface area contributed by atoms with Crippen LogP contribution in [0.1, 0.15) is 53.6 Å². The Morgan fingerprint density at radius 1 is 1.17 bits per heavy atom. The van der Waals surface area contributed by atoms with Gasteiger partial charge in [0.05, 0.1) is 19.7 Å². The van der Waals surface area contributed by atoms with Gasteiger partial charge < -0.3 is 15.0 Å². The highest BCUT2D eigenvalue weighted by Crippen LogP contribution is 2.35. The lowest BCUT2D eigenvalue weighted by Crippen LogP contribution is -2.35. The summed E-state index contributed by atoms with van der Waals surface area (Å²) < 4.78 is 7.35. The second-order valence-electron chi connectivity index (χ2n) is 9.78. The molecule has 36 heavy (non-hydrogen) atoms. The fraction of sp³-hybridized carbons (Fsp3) is 0.481. The van der Waals surface area contributed by atoms with Crippen LogP contribution in [0.2, 0.25) is 0 Å². The second kappa shape index (κ2) is 10.3. The average Bonchev–Trinajstić information content (AvgIpc) is 3.45. The number of aryl methyl sites for hydroxylation is 3. The molecule has 190 valence electrons. The first-order valence-corrected chi connectivity index (χ1v) is 12.7. The van der Waals surface area contributed by atoms with E-state index in [2.05, 4.69) is 33.2 Å². The van der Waals surface area contributed by atoms with Gasteiger partial charge in [0.2, 0.25) is 5.91 Å². The SMILES string of the molecule is COc1ccccc1CN1CCCc2c(C)nc(C3CCCN3CC(=O)Nc3cc(C)n(C)n3)nc21. The largest absolute Gasteiger partial charge is 0.496 e. The summed E-state index contributed by atoms with van der Waals surface area (Å²) in [5, 5.41) is 7.28. The van der Waals surface area contributed by atoms with E-state index < -0.39 is 0 Å². The van der Waals surface area contributed by atoms with Crippen LogP contribution < -0.4 is 15.0 Å². The topological polar surface area (TPSA) is 88.4 Å². The van der Waals surface area contributed by atoms with Crippen molar-refractivity contribution in [2.75, 3.05) is 37.0 Å². The van der Waals surface area contributed by atoms with Gasteiger partial charge in [-0.3, -0.25) is 14.4 Å². The van der Waals surface area contributed by atoms with Gasteiger partial charge in [0.15, 0.2) is 5.82 Å². The molecule has 9 nitrogen and oxygen atoms in total. The number of likely N-dealkylation sites (tertiary alicyclic amines) is 1. The van der Waals surface area contributed by atoms with Gasteiger partial charge in [0.1, 0.15) is 17.4 Å². The van der Waals surface area contributed by atoms with Crippen LogP contribution in [0.25, 0.3) is 0 Å². The van der Waals surface area contributed by atoms with Crippen LogP contribution >= 0.6 is 0 Å². The molecule has 2 aromatic heterocycles. The zero-order chi connectivity index (χ0) is 25.2. The Morgan fingerprint density at radius 2 is 2.00 bits per heavy atom. The lowest BCUT2D eigenvalue weighted by atomic mass is 10.0. The number of amides is 1. The molecule has 1 amide bonds. The number of hydrogen-bond donors (Lipinski definition) is 1. The van der Waals surface area contributed by atoms with Crippen molar-refractivity contribution in [2.24, 2.45) is 7.05 Å². The average molecular weight is 490 g/mol. The van der Waals surface area contributed by atoms with Crippen LogP contribution in [0.3, 0.4) is 0 Å². The first-order chi connectivity index (χ1) is 17.4. The van der Waals surface area contributed by atoms with Gasteiger partial charge in [0.25, 0.3) is 0 Å². The van der Waals surface area contributed by atoms with Crippen molar-refractivity contribution < 1.29 is 9.53 Å². The summed E-state index contributed by atoms with van der Waals surface area (Å²) in [6, 6.07) is 10.1. The number of methoxy groups -OCH3 is 1. The van der Waals surface area contributed by atoms with Gasteiger partial charge in [-0.25, -0.2) is 9.97 Å². The normalized spacial score (nSPS) is 17.8. The van der Waals surface area contributed by atoms with Crippen molar-refractivity contribution in [3.63, 3.8) is 0 Å². The molecule has 1 saturated heterocycles. The maximum Gasteiger partial charge on any atom is 0.239 e. The molecule has 1 aromatic carbocycles. The number of nitrogens with zero attached hydrogens (tertiary/aromatic N) is 6. The van der Waals surface area contributed by atoms with Gasteiger partial charge in [-0.15, -0.1) is 0 Å². The Balaban J connectivity index is 1.36. The molecule has 5 rings (SSSR count). The molecule has 0 radical (unpaired) electrons. The third-order valence-electron chi connectivity index (χ3n) is 7.31. The minimum atomic E-state index is -0.0625. The van der Waals surface area contributed by atoms with Crippen molar-refractivity contribution >= 4 is 17.5 Å². The highest BCUT2D eigenvalue weighted by molar-refractivity contribution is 5.91. The minimum absolute atomic E-state index is 0.0280. The van der Waals surface area contributed by atoms with Crippen LogP contribution in [0.15, 0.2) is 30.3 Å². The molecule has 0 spiro atoms. The number of hydrogen-bond acceptors (Lipinski definition) is 7. The van der Waals surface area contributed by atoms with Crippen LogP contribution in [0, 0.1) is 13.8 Å². The van der Waals surface area contributed by atoms with Crippen molar-refractivity contribution in [1.82, 2.24) is 24.6 Å². The van der Waals surface area contributed by atoms with E-state index in [0.717, 1.165) is 79.7 Å². The monoisotopic (exact) mass is 489 g/mol. The number of fused-ring (bicyclic) bond motifs is 1. The molecule has 3 aromatic rings. The number of aromatic nitrogens is 4. The summed E-state index contributed by atoms with van der Waals surface area (Å²) in [5.74, 6) is 3.26. The molecule has 1 atom stereocenters. The van der Waals surface area contributed by atoms with Crippen LogP contribution in [0.4, 0.5) is 11.6 Å². The summed E-state index contributed by atoms with van der Waals surface area (Å²) in [6.45, 7) is 6.89. The third kappa shape index (κ3) is 4.93. The Kier molecular flexibility index (Phi) is 6.91. The number of nitrogens with one attached hydrogen (secondary N) is 1. The number of para-hydroxylation sites is 1. The zero-order valence-electron chi connectivity index (χ0n) is 21.6. The van der Waals surface area contributed by atoms with Crippen LogP contribution in [-0.4, -0.2) is 57.3 Å². The molecule has 2 aliphatic heterocycles. The first kappa shape index (κ1) is 24.2. The van der Waals surface area contributed by atoms with E-state index in [1.165, 1.54) is 5.56 Å². The summed E-state index contributed by atoms with van der Waals surface area (Å²) >= 11 is 0. The molecular weight excluding hydrogens is 454 g/mol. The fourth-order valence-electron chi connectivity index (χ4n) is 5.35. The van der Waals surface area contributed by atoms with E-state index in [-0.39, 0.29) is 11.9 Å². The van der Waals surface area contributed by atoms with E-state index in [1.54, 1.807) is 11.8 Å². The number of ether oxygens (including phenoxy) is 1. The minimum Gasteiger partial charge on any atom is -0.496 e. The van der Waals surface area contributed by atoms with Gasteiger partial charge in [-0.05, 0) is 52.1 Å². The van der Waals surface area contributed by atoms with Crippen LogP contribution in [-0.2, 0) is 24.8 Å². The van der Waals surface area contributed by atoms with Gasteiger partial charge in [-0.2, -0.15) is 5.10 Å². The lowest BCUT2D eigenvalue weighted by Gasteiger charge is -2.32. The Morgan fingerprint density at radius 3 is 2.78 bits per heavy atom. The summed E-state index contributed by atoms with van der Waals surface area (Å²) in [5.41, 5.74) is 4.42. The van der Waals surface area contributed by atoms with E-state index >= 15 is 0 Å². The quantitative estimate of drug-likeness (QED) is 0.543. The van der Waals surface area contributed by atoms with Gasteiger partial charge in [0, 0.05) is 48.7 Å². The van der Waals surface area contributed by atoms with Gasteiger partial charge >= 0.3 is 0 Å². The van der Waals surface area contributed by atoms with Gasteiger partial charge in [-0.1, -0.05) is 18.2 Å². The Hall–Kier alpha value is -3.46. The smallest absolute Gasteiger partial charge is 0.239 e. The molecular formula is C27H35N7O2.